The Bertz CT molecular complexity index is 1030. The minimum Gasteiger partial charge on any atom is -0.290 e. The summed E-state index contributed by atoms with van der Waals surface area (Å²) in [6, 6.07) is 19.6. The summed E-state index contributed by atoms with van der Waals surface area (Å²) in [5, 5.41) is 3.85. The molecule has 112 valence electrons. The minimum absolute atomic E-state index is 0.0871. The van der Waals surface area contributed by atoms with Crippen molar-refractivity contribution in [2.75, 3.05) is 0 Å². The zero-order valence-electron chi connectivity index (χ0n) is 12.7. The molecule has 4 heteroatoms. The average molecular weight is 301 g/mol. The predicted molar refractivity (Wildman–Crippen MR) is 91.9 cm³/mol. The van der Waals surface area contributed by atoms with E-state index in [-0.39, 0.29) is 5.56 Å². The van der Waals surface area contributed by atoms with Gasteiger partial charge in [-0.3, -0.25) is 14.9 Å². The lowest BCUT2D eigenvalue weighted by atomic mass is 10.0. The Kier molecular flexibility index (Phi) is 3.08. The molecule has 2 aromatic carbocycles. The van der Waals surface area contributed by atoms with E-state index < -0.39 is 0 Å². The Morgan fingerprint density at radius 1 is 0.957 bits per heavy atom. The first-order valence-electron chi connectivity index (χ1n) is 7.47. The lowest BCUT2D eigenvalue weighted by Gasteiger charge is -2.06. The highest BCUT2D eigenvalue weighted by molar-refractivity contribution is 5.94. The van der Waals surface area contributed by atoms with E-state index in [0.29, 0.717) is 5.39 Å². The molecule has 0 radical (unpaired) electrons. The zero-order valence-corrected chi connectivity index (χ0v) is 12.7. The van der Waals surface area contributed by atoms with Crippen molar-refractivity contribution in [1.29, 1.82) is 0 Å². The number of nitrogens with zero attached hydrogens (tertiary/aromatic N) is 2. The molecule has 4 rings (SSSR count). The number of para-hydroxylation sites is 1. The summed E-state index contributed by atoms with van der Waals surface area (Å²) in [6.45, 7) is 1.96. The molecular weight excluding hydrogens is 286 g/mol. The lowest BCUT2D eigenvalue weighted by molar-refractivity contribution is 0.864. The molecule has 23 heavy (non-hydrogen) atoms. The molecule has 0 spiro atoms. The van der Waals surface area contributed by atoms with Crippen LogP contribution in [-0.2, 0) is 0 Å². The van der Waals surface area contributed by atoms with Crippen molar-refractivity contribution in [1.82, 2.24) is 14.8 Å². The number of rotatable bonds is 2. The fraction of sp³-hybridized carbons (Fsp3) is 0.0526. The molecule has 0 aliphatic heterocycles. The molecule has 2 aromatic heterocycles. The van der Waals surface area contributed by atoms with Gasteiger partial charge in [0.05, 0.1) is 16.6 Å². The molecule has 1 N–H and O–H groups in total. The first-order valence-corrected chi connectivity index (χ1v) is 7.47. The SMILES string of the molecule is Cc1ncc2c(=O)n(-c3ccccc3)[nH]c2c1-c1ccccc1. The van der Waals surface area contributed by atoms with Gasteiger partial charge in [-0.15, -0.1) is 0 Å². The van der Waals surface area contributed by atoms with Gasteiger partial charge < -0.3 is 0 Å². The number of nitrogens with one attached hydrogen (secondary N) is 1. The number of aryl methyl sites for hydroxylation is 1. The van der Waals surface area contributed by atoms with E-state index in [1.54, 1.807) is 10.9 Å². The van der Waals surface area contributed by atoms with Crippen molar-refractivity contribution in [2.45, 2.75) is 6.92 Å². The Labute approximate surface area is 133 Å². The largest absolute Gasteiger partial charge is 0.290 e. The van der Waals surface area contributed by atoms with Crippen molar-refractivity contribution < 1.29 is 0 Å². The summed E-state index contributed by atoms with van der Waals surface area (Å²) >= 11 is 0. The summed E-state index contributed by atoms with van der Waals surface area (Å²) in [5.41, 5.74) is 4.45. The molecule has 0 unspecified atom stereocenters. The van der Waals surface area contributed by atoms with Gasteiger partial charge in [-0.25, -0.2) is 4.68 Å². The molecule has 0 saturated heterocycles. The van der Waals surface area contributed by atoms with Crippen molar-refractivity contribution in [3.05, 3.63) is 82.9 Å². The summed E-state index contributed by atoms with van der Waals surface area (Å²) < 4.78 is 1.57. The fourth-order valence-corrected chi connectivity index (χ4v) is 2.88. The fourth-order valence-electron chi connectivity index (χ4n) is 2.88. The van der Waals surface area contributed by atoms with Crippen molar-refractivity contribution >= 4 is 10.9 Å². The monoisotopic (exact) mass is 301 g/mol. The molecule has 0 saturated carbocycles. The topological polar surface area (TPSA) is 50.7 Å². The van der Waals surface area contributed by atoms with Gasteiger partial charge in [0.25, 0.3) is 5.56 Å². The third kappa shape index (κ3) is 2.16. The van der Waals surface area contributed by atoms with Crippen LogP contribution >= 0.6 is 0 Å². The highest BCUT2D eigenvalue weighted by Crippen LogP contribution is 2.28. The quantitative estimate of drug-likeness (QED) is 0.614. The Morgan fingerprint density at radius 2 is 1.61 bits per heavy atom. The van der Waals surface area contributed by atoms with Crippen LogP contribution in [0, 0.1) is 6.92 Å². The second-order valence-electron chi connectivity index (χ2n) is 5.46. The van der Waals surface area contributed by atoms with Gasteiger partial charge in [0.2, 0.25) is 0 Å². The van der Waals surface area contributed by atoms with Crippen molar-refractivity contribution in [3.63, 3.8) is 0 Å². The highest BCUT2D eigenvalue weighted by atomic mass is 16.1. The average Bonchev–Trinajstić information content (AvgIpc) is 2.93. The van der Waals surface area contributed by atoms with E-state index in [1.807, 2.05) is 67.6 Å². The summed E-state index contributed by atoms with van der Waals surface area (Å²) in [5.74, 6) is 0. The predicted octanol–water partition coefficient (Wildman–Crippen LogP) is 3.69. The number of benzene rings is 2. The number of H-pyrrole nitrogens is 1. The Balaban J connectivity index is 2.06. The maximum atomic E-state index is 12.7. The molecule has 4 aromatic rings. The van der Waals surface area contributed by atoms with Gasteiger partial charge in [0.15, 0.2) is 0 Å². The normalized spacial score (nSPS) is 11.0. The minimum atomic E-state index is -0.0871. The molecule has 0 aliphatic carbocycles. The van der Waals surface area contributed by atoms with Gasteiger partial charge in [0, 0.05) is 17.5 Å². The highest BCUT2D eigenvalue weighted by Gasteiger charge is 2.15. The maximum absolute atomic E-state index is 12.7. The zero-order chi connectivity index (χ0) is 15.8. The summed E-state index contributed by atoms with van der Waals surface area (Å²) in [6.07, 6.45) is 1.65. The maximum Gasteiger partial charge on any atom is 0.280 e. The number of fused-ring (bicyclic) bond motifs is 1. The van der Waals surface area contributed by atoms with Crippen LogP contribution in [0.5, 0.6) is 0 Å². The molecule has 4 nitrogen and oxygen atoms in total. The van der Waals surface area contributed by atoms with Crippen LogP contribution in [0.15, 0.2) is 71.7 Å². The number of aromatic nitrogens is 3. The van der Waals surface area contributed by atoms with Crippen LogP contribution in [0.4, 0.5) is 0 Å². The number of hydrogen-bond acceptors (Lipinski definition) is 2. The van der Waals surface area contributed by atoms with Crippen molar-refractivity contribution in [3.8, 4) is 16.8 Å². The molecule has 0 fully saturated rings. The van der Waals surface area contributed by atoms with Gasteiger partial charge in [-0.1, -0.05) is 48.5 Å². The third-order valence-corrected chi connectivity index (χ3v) is 4.00. The van der Waals surface area contributed by atoms with E-state index in [1.165, 1.54) is 0 Å². The Morgan fingerprint density at radius 3 is 2.30 bits per heavy atom. The molecule has 0 amide bonds. The van der Waals surface area contributed by atoms with Crippen LogP contribution in [-0.4, -0.2) is 14.8 Å². The second kappa shape index (κ2) is 5.25. The van der Waals surface area contributed by atoms with Crippen LogP contribution in [0.1, 0.15) is 5.69 Å². The molecule has 0 atom stereocenters. The standard InChI is InChI=1S/C19H15N3O/c1-13-17(14-8-4-2-5-9-14)18-16(12-20-13)19(23)22(21-18)15-10-6-3-7-11-15/h2-12,21H,1H3. The van der Waals surface area contributed by atoms with Crippen molar-refractivity contribution in [2.24, 2.45) is 0 Å². The van der Waals surface area contributed by atoms with Gasteiger partial charge in [-0.05, 0) is 24.6 Å². The third-order valence-electron chi connectivity index (χ3n) is 4.00. The van der Waals surface area contributed by atoms with Crippen LogP contribution in [0.25, 0.3) is 27.7 Å². The number of pyridine rings is 1. The summed E-state index contributed by atoms with van der Waals surface area (Å²) in [7, 11) is 0. The molecule has 0 aliphatic rings. The Hall–Kier alpha value is -3.14. The van der Waals surface area contributed by atoms with Gasteiger partial charge >= 0.3 is 0 Å². The van der Waals surface area contributed by atoms with E-state index in [9.17, 15) is 4.79 Å². The van der Waals surface area contributed by atoms with Crippen LogP contribution < -0.4 is 5.56 Å². The van der Waals surface area contributed by atoms with Crippen LogP contribution in [0.3, 0.4) is 0 Å². The molecular formula is C19H15N3O. The van der Waals surface area contributed by atoms with Crippen LogP contribution in [0.2, 0.25) is 0 Å². The van der Waals surface area contributed by atoms with Gasteiger partial charge in [0.1, 0.15) is 0 Å². The smallest absolute Gasteiger partial charge is 0.280 e. The first kappa shape index (κ1) is 13.5. The summed E-state index contributed by atoms with van der Waals surface area (Å²) in [4.78, 5) is 17.1. The van der Waals surface area contributed by atoms with E-state index >= 15 is 0 Å². The number of hydrogen-bond donors (Lipinski definition) is 1. The van der Waals surface area contributed by atoms with E-state index in [4.69, 9.17) is 0 Å². The van der Waals surface area contributed by atoms with E-state index in [2.05, 4.69) is 10.1 Å². The lowest BCUT2D eigenvalue weighted by Crippen LogP contribution is -2.13. The molecule has 2 heterocycles. The molecule has 0 bridgehead atoms. The van der Waals surface area contributed by atoms with E-state index in [0.717, 1.165) is 28.0 Å². The second-order valence-corrected chi connectivity index (χ2v) is 5.46. The van der Waals surface area contributed by atoms with Gasteiger partial charge in [-0.2, -0.15) is 0 Å². The number of aromatic amines is 1. The first-order chi connectivity index (χ1) is 11.3.